The first-order valence-corrected chi connectivity index (χ1v) is 4.94. The number of carbonyl (C=O) groups is 1. The van der Waals surface area contributed by atoms with Crippen LogP contribution in [0, 0.1) is 13.8 Å². The highest BCUT2D eigenvalue weighted by Gasteiger charge is 2.14. The van der Waals surface area contributed by atoms with Gasteiger partial charge in [0.05, 0.1) is 7.11 Å². The van der Waals surface area contributed by atoms with Gasteiger partial charge in [-0.05, 0) is 31.4 Å². The summed E-state index contributed by atoms with van der Waals surface area (Å²) in [5.41, 5.74) is 9.16. The van der Waals surface area contributed by atoms with Crippen molar-refractivity contribution in [2.24, 2.45) is 5.73 Å². The van der Waals surface area contributed by atoms with Crippen LogP contribution in [0.3, 0.4) is 0 Å². The van der Waals surface area contributed by atoms with Gasteiger partial charge in [-0.15, -0.1) is 0 Å². The summed E-state index contributed by atoms with van der Waals surface area (Å²) in [4.78, 5) is 11.1. The van der Waals surface area contributed by atoms with Crippen LogP contribution in [-0.4, -0.2) is 19.1 Å². The molecule has 1 aromatic carbocycles. The summed E-state index contributed by atoms with van der Waals surface area (Å²) < 4.78 is 4.58. The van der Waals surface area contributed by atoms with Crippen molar-refractivity contribution in [2.75, 3.05) is 7.11 Å². The fourth-order valence-corrected chi connectivity index (χ4v) is 1.55. The molecule has 15 heavy (non-hydrogen) atoms. The summed E-state index contributed by atoms with van der Waals surface area (Å²) in [6.45, 7) is 4.06. The van der Waals surface area contributed by atoms with Crippen LogP contribution < -0.4 is 5.73 Å². The molecule has 1 rings (SSSR count). The molecular weight excluding hydrogens is 190 g/mol. The maximum atomic E-state index is 11.1. The van der Waals surface area contributed by atoms with Crippen molar-refractivity contribution in [1.29, 1.82) is 0 Å². The van der Waals surface area contributed by atoms with Gasteiger partial charge in [0.1, 0.15) is 6.04 Å². The van der Waals surface area contributed by atoms with Crippen LogP contribution in [0.5, 0.6) is 0 Å². The molecule has 0 aliphatic carbocycles. The van der Waals surface area contributed by atoms with Crippen LogP contribution in [0.25, 0.3) is 0 Å². The smallest absolute Gasteiger partial charge is 0.322 e. The van der Waals surface area contributed by atoms with E-state index in [1.54, 1.807) is 0 Å². The highest BCUT2D eigenvalue weighted by molar-refractivity contribution is 5.75. The Hall–Kier alpha value is -1.35. The van der Waals surface area contributed by atoms with E-state index in [4.69, 9.17) is 5.73 Å². The number of benzene rings is 1. The zero-order chi connectivity index (χ0) is 11.4. The predicted molar refractivity (Wildman–Crippen MR) is 59.6 cm³/mol. The molecule has 0 saturated heterocycles. The van der Waals surface area contributed by atoms with Crippen LogP contribution in [0.2, 0.25) is 0 Å². The lowest BCUT2D eigenvalue weighted by molar-refractivity contribution is -0.142. The summed E-state index contributed by atoms with van der Waals surface area (Å²) in [6.07, 6.45) is 0.527. The van der Waals surface area contributed by atoms with Crippen LogP contribution in [0.4, 0.5) is 0 Å². The molecule has 1 atom stereocenters. The fourth-order valence-electron chi connectivity index (χ4n) is 1.55. The number of nitrogens with two attached hydrogens (primary N) is 1. The molecule has 0 fully saturated rings. The van der Waals surface area contributed by atoms with Gasteiger partial charge in [0, 0.05) is 0 Å². The van der Waals surface area contributed by atoms with Gasteiger partial charge in [0.15, 0.2) is 0 Å². The monoisotopic (exact) mass is 207 g/mol. The molecule has 0 aliphatic heterocycles. The molecule has 0 spiro atoms. The minimum Gasteiger partial charge on any atom is -0.468 e. The normalized spacial score (nSPS) is 12.3. The molecule has 0 bridgehead atoms. The molecular formula is C12H17NO2. The topological polar surface area (TPSA) is 52.3 Å². The SMILES string of the molecule is COC(=O)[C@H](N)Cc1ccc(C)cc1C. The quantitative estimate of drug-likeness (QED) is 0.761. The number of rotatable bonds is 3. The van der Waals surface area contributed by atoms with Crippen molar-refractivity contribution in [3.63, 3.8) is 0 Å². The number of hydrogen-bond acceptors (Lipinski definition) is 3. The molecule has 3 heteroatoms. The Kier molecular flexibility index (Phi) is 3.86. The van der Waals surface area contributed by atoms with Crippen LogP contribution in [-0.2, 0) is 16.0 Å². The zero-order valence-electron chi connectivity index (χ0n) is 9.41. The number of carbonyl (C=O) groups excluding carboxylic acids is 1. The van der Waals surface area contributed by atoms with E-state index in [0.717, 1.165) is 11.1 Å². The molecule has 0 radical (unpaired) electrons. The van der Waals surface area contributed by atoms with Crippen LogP contribution in [0.1, 0.15) is 16.7 Å². The average molecular weight is 207 g/mol. The number of methoxy groups -OCH3 is 1. The Morgan fingerprint density at radius 2 is 2.13 bits per heavy atom. The summed E-state index contributed by atoms with van der Waals surface area (Å²) >= 11 is 0. The second kappa shape index (κ2) is 4.94. The third-order valence-electron chi connectivity index (χ3n) is 2.44. The fraction of sp³-hybridized carbons (Fsp3) is 0.417. The number of ether oxygens (including phenoxy) is 1. The largest absolute Gasteiger partial charge is 0.468 e. The van der Waals surface area contributed by atoms with Gasteiger partial charge in [0.2, 0.25) is 0 Å². The maximum absolute atomic E-state index is 11.1. The number of esters is 1. The second-order valence-electron chi connectivity index (χ2n) is 3.76. The van der Waals surface area contributed by atoms with Crippen molar-refractivity contribution in [3.05, 3.63) is 34.9 Å². The Bertz CT molecular complexity index is 361. The molecule has 3 nitrogen and oxygen atoms in total. The minimum absolute atomic E-state index is 0.366. The van der Waals surface area contributed by atoms with Crippen LogP contribution >= 0.6 is 0 Å². The van der Waals surface area contributed by atoms with Gasteiger partial charge < -0.3 is 10.5 Å². The highest BCUT2D eigenvalue weighted by atomic mass is 16.5. The minimum atomic E-state index is -0.573. The van der Waals surface area contributed by atoms with E-state index >= 15 is 0 Å². The van der Waals surface area contributed by atoms with Crippen LogP contribution in [0.15, 0.2) is 18.2 Å². The Morgan fingerprint density at radius 1 is 1.47 bits per heavy atom. The standard InChI is InChI=1S/C12H17NO2/c1-8-4-5-10(9(2)6-8)7-11(13)12(14)15-3/h4-6,11H,7,13H2,1-3H3/t11-/m1/s1. The summed E-state index contributed by atoms with van der Waals surface area (Å²) in [7, 11) is 1.35. The van der Waals surface area contributed by atoms with E-state index in [0.29, 0.717) is 6.42 Å². The Balaban J connectivity index is 2.76. The third-order valence-corrected chi connectivity index (χ3v) is 2.44. The van der Waals surface area contributed by atoms with Crippen molar-refractivity contribution < 1.29 is 9.53 Å². The van der Waals surface area contributed by atoms with E-state index in [1.807, 2.05) is 26.0 Å². The van der Waals surface area contributed by atoms with Gasteiger partial charge in [-0.25, -0.2) is 0 Å². The number of hydrogen-bond donors (Lipinski definition) is 1. The highest BCUT2D eigenvalue weighted by Crippen LogP contribution is 2.12. The molecule has 1 aromatic rings. The molecule has 2 N–H and O–H groups in total. The first-order chi connectivity index (χ1) is 7.04. The maximum Gasteiger partial charge on any atom is 0.322 e. The first kappa shape index (κ1) is 11.7. The average Bonchev–Trinajstić information content (AvgIpc) is 2.20. The van der Waals surface area contributed by atoms with Gasteiger partial charge >= 0.3 is 5.97 Å². The molecule has 0 saturated carbocycles. The third kappa shape index (κ3) is 3.06. The van der Waals surface area contributed by atoms with Crippen molar-refractivity contribution in [1.82, 2.24) is 0 Å². The molecule has 0 aliphatic rings. The van der Waals surface area contributed by atoms with E-state index in [9.17, 15) is 4.79 Å². The lowest BCUT2D eigenvalue weighted by Gasteiger charge is -2.11. The van der Waals surface area contributed by atoms with Gasteiger partial charge in [-0.2, -0.15) is 0 Å². The lowest BCUT2D eigenvalue weighted by atomic mass is 10.00. The van der Waals surface area contributed by atoms with Crippen molar-refractivity contribution in [2.45, 2.75) is 26.3 Å². The van der Waals surface area contributed by atoms with E-state index in [1.165, 1.54) is 12.7 Å². The summed E-state index contributed by atoms with van der Waals surface area (Å²) in [5, 5.41) is 0. The van der Waals surface area contributed by atoms with Gasteiger partial charge in [-0.3, -0.25) is 4.79 Å². The number of aryl methyl sites for hydroxylation is 2. The molecule has 0 heterocycles. The van der Waals surface area contributed by atoms with E-state index in [2.05, 4.69) is 10.8 Å². The molecule has 0 aromatic heterocycles. The van der Waals surface area contributed by atoms with Gasteiger partial charge in [-0.1, -0.05) is 23.8 Å². The summed E-state index contributed by atoms with van der Waals surface area (Å²) in [5.74, 6) is -0.366. The van der Waals surface area contributed by atoms with Crippen molar-refractivity contribution >= 4 is 5.97 Å². The molecule has 82 valence electrons. The first-order valence-electron chi connectivity index (χ1n) is 4.94. The van der Waals surface area contributed by atoms with E-state index in [-0.39, 0.29) is 5.97 Å². The second-order valence-corrected chi connectivity index (χ2v) is 3.76. The van der Waals surface area contributed by atoms with Crippen molar-refractivity contribution in [3.8, 4) is 0 Å². The van der Waals surface area contributed by atoms with E-state index < -0.39 is 6.04 Å². The Labute approximate surface area is 90.2 Å². The van der Waals surface area contributed by atoms with Gasteiger partial charge in [0.25, 0.3) is 0 Å². The molecule has 0 amide bonds. The summed E-state index contributed by atoms with van der Waals surface area (Å²) in [6, 6.07) is 5.54. The molecule has 0 unspecified atom stereocenters. The lowest BCUT2D eigenvalue weighted by Crippen LogP contribution is -2.33. The zero-order valence-corrected chi connectivity index (χ0v) is 9.41. The predicted octanol–water partition coefficient (Wildman–Crippen LogP) is 1.35. The Morgan fingerprint density at radius 3 is 2.67 bits per heavy atom.